The van der Waals surface area contributed by atoms with Crippen molar-refractivity contribution >= 4 is 50.9 Å². The van der Waals surface area contributed by atoms with Gasteiger partial charge in [-0.1, -0.05) is 41.4 Å². The van der Waals surface area contributed by atoms with Crippen molar-refractivity contribution in [2.24, 2.45) is 0 Å². The number of ether oxygens (including phenoxy) is 1. The lowest BCUT2D eigenvalue weighted by molar-refractivity contribution is -0.142. The second kappa shape index (κ2) is 10.9. The summed E-state index contributed by atoms with van der Waals surface area (Å²) in [6.45, 7) is 5.38. The molecule has 2 aromatic rings. The molecule has 0 aliphatic carbocycles. The van der Waals surface area contributed by atoms with Gasteiger partial charge in [0.05, 0.1) is 4.47 Å². The molecule has 0 saturated heterocycles. The lowest BCUT2D eigenvalue weighted by Gasteiger charge is -2.29. The number of hydrogen-bond donors (Lipinski definition) is 1. The molecule has 156 valence electrons. The van der Waals surface area contributed by atoms with Gasteiger partial charge in [0.1, 0.15) is 11.8 Å². The van der Waals surface area contributed by atoms with Crippen LogP contribution in [0.15, 0.2) is 46.9 Å². The van der Waals surface area contributed by atoms with Crippen molar-refractivity contribution < 1.29 is 14.3 Å². The van der Waals surface area contributed by atoms with Crippen LogP contribution in [0.25, 0.3) is 0 Å². The van der Waals surface area contributed by atoms with Crippen LogP contribution in [-0.2, 0) is 16.1 Å². The van der Waals surface area contributed by atoms with Crippen molar-refractivity contribution in [1.82, 2.24) is 10.2 Å². The van der Waals surface area contributed by atoms with Crippen molar-refractivity contribution in [3.8, 4) is 5.75 Å². The molecule has 1 N–H and O–H groups in total. The molecule has 5 nitrogen and oxygen atoms in total. The molecule has 0 fully saturated rings. The van der Waals surface area contributed by atoms with Gasteiger partial charge >= 0.3 is 0 Å². The predicted molar refractivity (Wildman–Crippen MR) is 119 cm³/mol. The summed E-state index contributed by atoms with van der Waals surface area (Å²) in [5.74, 6) is -0.0917. The van der Waals surface area contributed by atoms with Gasteiger partial charge in [-0.2, -0.15) is 0 Å². The van der Waals surface area contributed by atoms with Gasteiger partial charge in [0, 0.05) is 22.6 Å². The topological polar surface area (TPSA) is 58.6 Å². The summed E-state index contributed by atoms with van der Waals surface area (Å²) in [4.78, 5) is 27.0. The smallest absolute Gasteiger partial charge is 0.261 e. The number of nitrogens with one attached hydrogen (secondary N) is 1. The number of amides is 2. The van der Waals surface area contributed by atoms with Crippen LogP contribution in [0.4, 0.5) is 0 Å². The first-order chi connectivity index (χ1) is 13.7. The molecular weight excluding hydrogens is 479 g/mol. The minimum Gasteiger partial charge on any atom is -0.483 e. The maximum Gasteiger partial charge on any atom is 0.261 e. The van der Waals surface area contributed by atoms with Gasteiger partial charge in [0.25, 0.3) is 5.91 Å². The maximum absolute atomic E-state index is 13.0. The fourth-order valence-electron chi connectivity index (χ4n) is 2.61. The van der Waals surface area contributed by atoms with E-state index >= 15 is 0 Å². The monoisotopic (exact) mass is 500 g/mol. The molecule has 0 aliphatic heterocycles. The van der Waals surface area contributed by atoms with Crippen LogP contribution < -0.4 is 10.1 Å². The van der Waals surface area contributed by atoms with Crippen molar-refractivity contribution in [2.75, 3.05) is 6.61 Å². The lowest BCUT2D eigenvalue weighted by atomic mass is 10.1. The van der Waals surface area contributed by atoms with Crippen LogP contribution in [0.1, 0.15) is 26.3 Å². The summed E-state index contributed by atoms with van der Waals surface area (Å²) in [6.07, 6.45) is 0. The normalized spacial score (nSPS) is 11.8. The first-order valence-corrected chi connectivity index (χ1v) is 10.6. The minimum absolute atomic E-state index is 0.0384. The molecule has 0 aromatic heterocycles. The van der Waals surface area contributed by atoms with Gasteiger partial charge in [0.15, 0.2) is 6.61 Å². The molecule has 0 spiro atoms. The predicted octanol–water partition coefficient (Wildman–Crippen LogP) is 5.08. The molecule has 2 aromatic carbocycles. The molecule has 2 amide bonds. The Balaban J connectivity index is 2.19. The number of nitrogens with zero attached hydrogens (tertiary/aromatic N) is 1. The van der Waals surface area contributed by atoms with Crippen LogP contribution in [-0.4, -0.2) is 35.4 Å². The highest BCUT2D eigenvalue weighted by atomic mass is 79.9. The Morgan fingerprint density at radius 2 is 1.83 bits per heavy atom. The van der Waals surface area contributed by atoms with E-state index in [4.69, 9.17) is 27.9 Å². The number of halogens is 3. The molecule has 8 heteroatoms. The van der Waals surface area contributed by atoms with E-state index in [2.05, 4.69) is 21.2 Å². The van der Waals surface area contributed by atoms with Crippen LogP contribution in [0.3, 0.4) is 0 Å². The molecule has 29 heavy (non-hydrogen) atoms. The highest BCUT2D eigenvalue weighted by molar-refractivity contribution is 9.10. The van der Waals surface area contributed by atoms with Gasteiger partial charge in [0.2, 0.25) is 5.91 Å². The Morgan fingerprint density at radius 3 is 2.45 bits per heavy atom. The van der Waals surface area contributed by atoms with Crippen LogP contribution in [0.2, 0.25) is 10.0 Å². The van der Waals surface area contributed by atoms with E-state index in [9.17, 15) is 9.59 Å². The van der Waals surface area contributed by atoms with Gasteiger partial charge in [-0.15, -0.1) is 0 Å². The Bertz CT molecular complexity index is 877. The number of carbonyl (C=O) groups is 2. The number of hydrogen-bond acceptors (Lipinski definition) is 3. The largest absolute Gasteiger partial charge is 0.483 e. The van der Waals surface area contributed by atoms with Crippen LogP contribution in [0, 0.1) is 0 Å². The second-order valence-electron chi connectivity index (χ2n) is 6.82. The zero-order chi connectivity index (χ0) is 21.6. The summed E-state index contributed by atoms with van der Waals surface area (Å²) < 4.78 is 6.29. The highest BCUT2D eigenvalue weighted by Crippen LogP contribution is 2.28. The molecular formula is C21H23BrCl2N2O3. The molecule has 1 atom stereocenters. The van der Waals surface area contributed by atoms with E-state index in [1.165, 1.54) is 4.90 Å². The molecule has 0 aliphatic rings. The lowest BCUT2D eigenvalue weighted by Crippen LogP contribution is -2.50. The number of benzene rings is 2. The van der Waals surface area contributed by atoms with E-state index in [0.717, 1.165) is 5.56 Å². The molecule has 0 radical (unpaired) electrons. The quantitative estimate of drug-likeness (QED) is 0.548. The summed E-state index contributed by atoms with van der Waals surface area (Å²) >= 11 is 15.6. The van der Waals surface area contributed by atoms with Crippen LogP contribution >= 0.6 is 39.1 Å². The standard InChI is InChI=1S/C21H23BrCl2N2O3/c1-13(2)25-21(28)14(3)26(11-15-6-4-5-7-18(15)24)20(27)12-29-19-9-8-16(23)10-17(19)22/h4-10,13-14H,11-12H2,1-3H3,(H,25,28)/t14-/m0/s1. The molecule has 0 saturated carbocycles. The van der Waals surface area contributed by atoms with E-state index < -0.39 is 6.04 Å². The zero-order valence-electron chi connectivity index (χ0n) is 16.4. The Kier molecular flexibility index (Phi) is 8.80. The first kappa shape index (κ1) is 23.5. The fourth-order valence-corrected chi connectivity index (χ4v) is 3.61. The second-order valence-corrected chi connectivity index (χ2v) is 8.51. The number of carbonyl (C=O) groups excluding carboxylic acids is 2. The first-order valence-electron chi connectivity index (χ1n) is 9.10. The van der Waals surface area contributed by atoms with E-state index in [1.807, 2.05) is 32.0 Å². The van der Waals surface area contributed by atoms with Crippen molar-refractivity contribution in [1.29, 1.82) is 0 Å². The third-order valence-corrected chi connectivity index (χ3v) is 5.37. The Morgan fingerprint density at radius 1 is 1.14 bits per heavy atom. The van der Waals surface area contributed by atoms with E-state index in [0.29, 0.717) is 20.3 Å². The highest BCUT2D eigenvalue weighted by Gasteiger charge is 2.27. The van der Waals surface area contributed by atoms with Gasteiger partial charge in [-0.25, -0.2) is 0 Å². The van der Waals surface area contributed by atoms with Crippen LogP contribution in [0.5, 0.6) is 5.75 Å². The van der Waals surface area contributed by atoms with E-state index in [1.54, 1.807) is 31.2 Å². The van der Waals surface area contributed by atoms with Crippen molar-refractivity contribution in [2.45, 2.75) is 39.4 Å². The fraction of sp³-hybridized carbons (Fsp3) is 0.333. The molecule has 0 heterocycles. The van der Waals surface area contributed by atoms with Crippen molar-refractivity contribution in [3.63, 3.8) is 0 Å². The van der Waals surface area contributed by atoms with E-state index in [-0.39, 0.29) is 31.0 Å². The molecule has 0 bridgehead atoms. The summed E-state index contributed by atoms with van der Waals surface area (Å²) in [6, 6.07) is 11.5. The van der Waals surface area contributed by atoms with Gasteiger partial charge in [-0.05, 0) is 66.5 Å². The molecule has 2 rings (SSSR count). The Hall–Kier alpha value is -1.76. The summed E-state index contributed by atoms with van der Waals surface area (Å²) in [5, 5.41) is 3.92. The minimum atomic E-state index is -0.696. The third kappa shape index (κ3) is 6.91. The summed E-state index contributed by atoms with van der Waals surface area (Å²) in [7, 11) is 0. The summed E-state index contributed by atoms with van der Waals surface area (Å²) in [5.41, 5.74) is 0.749. The average Bonchev–Trinajstić information content (AvgIpc) is 2.65. The number of rotatable bonds is 8. The van der Waals surface area contributed by atoms with Gasteiger partial charge in [-0.3, -0.25) is 9.59 Å². The van der Waals surface area contributed by atoms with Crippen molar-refractivity contribution in [3.05, 3.63) is 62.5 Å². The van der Waals surface area contributed by atoms with Gasteiger partial charge < -0.3 is 15.0 Å². The molecule has 0 unspecified atom stereocenters. The SMILES string of the molecule is CC(C)NC(=O)[C@H](C)N(Cc1ccccc1Cl)C(=O)COc1ccc(Cl)cc1Br. The average molecular weight is 502 g/mol. The Labute approximate surface area is 189 Å². The maximum atomic E-state index is 13.0. The third-order valence-electron chi connectivity index (χ3n) is 4.14. The zero-order valence-corrected chi connectivity index (χ0v) is 19.5.